The van der Waals surface area contributed by atoms with Crippen molar-refractivity contribution in [1.82, 2.24) is 15.5 Å². The second-order valence-corrected chi connectivity index (χ2v) is 5.80. The average molecular weight is 309 g/mol. The van der Waals surface area contributed by atoms with Crippen LogP contribution in [0, 0.1) is 0 Å². The van der Waals surface area contributed by atoms with Crippen molar-refractivity contribution in [3.05, 3.63) is 0 Å². The van der Waals surface area contributed by atoms with Crippen LogP contribution in [0.2, 0.25) is 0 Å². The monoisotopic (exact) mass is 309 g/mol. The highest BCUT2D eigenvalue weighted by Gasteiger charge is 2.27. The van der Waals surface area contributed by atoms with Gasteiger partial charge in [0.25, 0.3) is 0 Å². The SMILES string of the molecule is CNC(=O)CN1CCC(NC(C)CCCC(F)(F)F)CC1. The van der Waals surface area contributed by atoms with E-state index in [9.17, 15) is 18.0 Å². The molecule has 1 rings (SSSR count). The number of alkyl halides is 3. The molecule has 1 aliphatic heterocycles. The minimum Gasteiger partial charge on any atom is -0.358 e. The van der Waals surface area contributed by atoms with Gasteiger partial charge in [0, 0.05) is 38.6 Å². The Labute approximate surface area is 124 Å². The molecule has 0 saturated carbocycles. The Kier molecular flexibility index (Phi) is 7.45. The molecule has 7 heteroatoms. The van der Waals surface area contributed by atoms with Crippen molar-refractivity contribution in [1.29, 1.82) is 0 Å². The third kappa shape index (κ3) is 8.26. The smallest absolute Gasteiger partial charge is 0.358 e. The van der Waals surface area contributed by atoms with Crippen molar-refractivity contribution in [3.8, 4) is 0 Å². The van der Waals surface area contributed by atoms with Gasteiger partial charge in [-0.1, -0.05) is 0 Å². The van der Waals surface area contributed by atoms with Crippen LogP contribution in [0.25, 0.3) is 0 Å². The van der Waals surface area contributed by atoms with Gasteiger partial charge < -0.3 is 10.6 Å². The maximum Gasteiger partial charge on any atom is 0.389 e. The Morgan fingerprint density at radius 2 is 1.95 bits per heavy atom. The van der Waals surface area contributed by atoms with E-state index in [1.54, 1.807) is 7.05 Å². The fourth-order valence-electron chi connectivity index (χ4n) is 2.63. The zero-order chi connectivity index (χ0) is 15.9. The molecule has 1 fully saturated rings. The van der Waals surface area contributed by atoms with Gasteiger partial charge in [-0.3, -0.25) is 9.69 Å². The lowest BCUT2D eigenvalue weighted by atomic mass is 10.0. The maximum atomic E-state index is 12.1. The summed E-state index contributed by atoms with van der Waals surface area (Å²) in [7, 11) is 1.62. The van der Waals surface area contributed by atoms with Gasteiger partial charge in [-0.2, -0.15) is 13.2 Å². The van der Waals surface area contributed by atoms with Gasteiger partial charge in [0.2, 0.25) is 5.91 Å². The Morgan fingerprint density at radius 3 is 2.48 bits per heavy atom. The fourth-order valence-corrected chi connectivity index (χ4v) is 2.63. The summed E-state index contributed by atoms with van der Waals surface area (Å²) in [4.78, 5) is 13.4. The Hall–Kier alpha value is -0.820. The van der Waals surface area contributed by atoms with E-state index in [0.29, 0.717) is 19.0 Å². The van der Waals surface area contributed by atoms with Gasteiger partial charge in [-0.05, 0) is 32.6 Å². The average Bonchev–Trinajstić information content (AvgIpc) is 2.39. The molecule has 21 heavy (non-hydrogen) atoms. The van der Waals surface area contributed by atoms with Crippen molar-refractivity contribution >= 4 is 5.91 Å². The van der Waals surface area contributed by atoms with E-state index in [1.165, 1.54) is 0 Å². The number of nitrogens with one attached hydrogen (secondary N) is 2. The summed E-state index contributed by atoms with van der Waals surface area (Å²) < 4.78 is 36.2. The summed E-state index contributed by atoms with van der Waals surface area (Å²) in [5.74, 6) is 0.0157. The standard InChI is InChI=1S/C14H26F3N3O/c1-11(4-3-7-14(15,16)17)19-12-5-8-20(9-6-12)10-13(21)18-2/h11-12,19H,3-10H2,1-2H3,(H,18,21). The second kappa shape index (κ2) is 8.58. The molecule has 0 radical (unpaired) electrons. The van der Waals surface area contributed by atoms with Crippen LogP contribution in [0.4, 0.5) is 13.2 Å². The lowest BCUT2D eigenvalue weighted by Crippen LogP contribution is -2.47. The number of nitrogens with zero attached hydrogens (tertiary/aromatic N) is 1. The van der Waals surface area contributed by atoms with Gasteiger partial charge in [0.05, 0.1) is 6.54 Å². The van der Waals surface area contributed by atoms with Gasteiger partial charge >= 0.3 is 6.18 Å². The lowest BCUT2D eigenvalue weighted by Gasteiger charge is -2.33. The van der Waals surface area contributed by atoms with Crippen molar-refractivity contribution in [2.24, 2.45) is 0 Å². The minimum absolute atomic E-state index is 0.0157. The molecule has 1 atom stereocenters. The number of piperidine rings is 1. The van der Waals surface area contributed by atoms with Crippen molar-refractivity contribution in [2.75, 3.05) is 26.7 Å². The topological polar surface area (TPSA) is 44.4 Å². The first-order valence-electron chi connectivity index (χ1n) is 7.56. The molecule has 0 aromatic heterocycles. The van der Waals surface area contributed by atoms with Crippen LogP contribution in [0.1, 0.15) is 39.0 Å². The number of halogens is 3. The first-order valence-corrected chi connectivity index (χ1v) is 7.56. The number of carbonyl (C=O) groups excluding carboxylic acids is 1. The van der Waals surface area contributed by atoms with E-state index in [-0.39, 0.29) is 18.4 Å². The summed E-state index contributed by atoms with van der Waals surface area (Å²) in [6.45, 7) is 4.05. The van der Waals surface area contributed by atoms with Crippen LogP contribution in [0.15, 0.2) is 0 Å². The van der Waals surface area contributed by atoms with Crippen LogP contribution in [0.3, 0.4) is 0 Å². The summed E-state index contributed by atoms with van der Waals surface area (Å²) >= 11 is 0. The minimum atomic E-state index is -4.05. The van der Waals surface area contributed by atoms with E-state index in [4.69, 9.17) is 0 Å². The highest BCUT2D eigenvalue weighted by molar-refractivity contribution is 5.77. The predicted octanol–water partition coefficient (Wildman–Crippen LogP) is 1.91. The number of rotatable bonds is 7. The Balaban J connectivity index is 2.15. The maximum absolute atomic E-state index is 12.1. The first-order chi connectivity index (χ1) is 9.80. The van der Waals surface area contributed by atoms with Crippen LogP contribution in [-0.4, -0.2) is 55.7 Å². The van der Waals surface area contributed by atoms with E-state index in [1.807, 2.05) is 6.92 Å². The zero-order valence-corrected chi connectivity index (χ0v) is 12.8. The van der Waals surface area contributed by atoms with Crippen LogP contribution in [-0.2, 0) is 4.79 Å². The Bertz CT molecular complexity index is 315. The van der Waals surface area contributed by atoms with E-state index in [0.717, 1.165) is 25.9 Å². The van der Waals surface area contributed by atoms with Gasteiger partial charge in [0.1, 0.15) is 0 Å². The third-order valence-corrected chi connectivity index (χ3v) is 3.85. The highest BCUT2D eigenvalue weighted by Crippen LogP contribution is 2.23. The number of amides is 1. The van der Waals surface area contributed by atoms with Gasteiger partial charge in [-0.25, -0.2) is 0 Å². The molecular weight excluding hydrogens is 283 g/mol. The molecule has 2 N–H and O–H groups in total. The van der Waals surface area contributed by atoms with E-state index in [2.05, 4.69) is 15.5 Å². The van der Waals surface area contributed by atoms with Gasteiger partial charge in [-0.15, -0.1) is 0 Å². The van der Waals surface area contributed by atoms with Crippen LogP contribution in [0.5, 0.6) is 0 Å². The number of carbonyl (C=O) groups is 1. The molecule has 0 aliphatic carbocycles. The van der Waals surface area contributed by atoms with Crippen molar-refractivity contribution < 1.29 is 18.0 Å². The summed E-state index contributed by atoms with van der Waals surface area (Å²) in [6.07, 6.45) is -2.18. The molecule has 1 heterocycles. The number of likely N-dealkylation sites (tertiary alicyclic amines) is 1. The predicted molar refractivity (Wildman–Crippen MR) is 76.0 cm³/mol. The quantitative estimate of drug-likeness (QED) is 0.755. The molecule has 1 unspecified atom stereocenters. The molecule has 0 aromatic carbocycles. The normalized spacial score (nSPS) is 19.5. The summed E-state index contributed by atoms with van der Waals surface area (Å²) in [6, 6.07) is 0.440. The molecule has 1 saturated heterocycles. The second-order valence-electron chi connectivity index (χ2n) is 5.80. The van der Waals surface area contributed by atoms with Crippen LogP contribution >= 0.6 is 0 Å². The van der Waals surface area contributed by atoms with Gasteiger partial charge in [0.15, 0.2) is 0 Å². The molecule has 4 nitrogen and oxygen atoms in total. The molecule has 1 amide bonds. The Morgan fingerprint density at radius 1 is 1.33 bits per heavy atom. The largest absolute Gasteiger partial charge is 0.389 e. The number of hydrogen-bond donors (Lipinski definition) is 2. The number of likely N-dealkylation sites (N-methyl/N-ethyl adjacent to an activating group) is 1. The summed E-state index contributed by atoms with van der Waals surface area (Å²) in [5.41, 5.74) is 0. The molecular formula is C14H26F3N3O. The summed E-state index contributed by atoms with van der Waals surface area (Å²) in [5, 5.41) is 6.00. The van der Waals surface area contributed by atoms with E-state index >= 15 is 0 Å². The number of hydrogen-bond acceptors (Lipinski definition) is 3. The lowest BCUT2D eigenvalue weighted by molar-refractivity contribution is -0.135. The first kappa shape index (κ1) is 18.2. The third-order valence-electron chi connectivity index (χ3n) is 3.85. The molecule has 0 bridgehead atoms. The van der Waals surface area contributed by atoms with Crippen molar-refractivity contribution in [2.45, 2.75) is 57.3 Å². The highest BCUT2D eigenvalue weighted by atomic mass is 19.4. The molecule has 1 aliphatic rings. The van der Waals surface area contributed by atoms with E-state index < -0.39 is 12.6 Å². The fraction of sp³-hybridized carbons (Fsp3) is 0.929. The van der Waals surface area contributed by atoms with Crippen LogP contribution < -0.4 is 10.6 Å². The van der Waals surface area contributed by atoms with Crippen molar-refractivity contribution in [3.63, 3.8) is 0 Å². The zero-order valence-electron chi connectivity index (χ0n) is 12.8. The molecule has 124 valence electrons. The molecule has 0 spiro atoms. The molecule has 0 aromatic rings.